The standard InChI is InChI=1S/C16H15BrFNO2/c1-10(2)21-12-8-6-11(7-9-12)19-16(20)15-13(17)4-3-5-14(15)18/h3-10H,1-2H3,(H,19,20). The van der Waals surface area contributed by atoms with Crippen molar-refractivity contribution in [2.75, 3.05) is 5.32 Å². The van der Waals surface area contributed by atoms with E-state index < -0.39 is 11.7 Å². The molecule has 0 aliphatic carbocycles. The van der Waals surface area contributed by atoms with Crippen molar-refractivity contribution in [2.45, 2.75) is 20.0 Å². The Bertz CT molecular complexity index is 621. The van der Waals surface area contributed by atoms with E-state index in [0.29, 0.717) is 10.2 Å². The molecule has 3 nitrogen and oxygen atoms in total. The van der Waals surface area contributed by atoms with Gasteiger partial charge < -0.3 is 10.1 Å². The zero-order chi connectivity index (χ0) is 15.4. The highest BCUT2D eigenvalue weighted by molar-refractivity contribution is 9.10. The van der Waals surface area contributed by atoms with E-state index in [1.165, 1.54) is 12.1 Å². The molecule has 0 fully saturated rings. The molecule has 0 spiro atoms. The lowest BCUT2D eigenvalue weighted by Gasteiger charge is -2.11. The number of amides is 1. The number of carbonyl (C=O) groups is 1. The second-order valence-electron chi connectivity index (χ2n) is 4.74. The number of anilines is 1. The summed E-state index contributed by atoms with van der Waals surface area (Å²) in [6.07, 6.45) is 0.0832. The number of benzene rings is 2. The average Bonchev–Trinajstić information content (AvgIpc) is 2.40. The van der Waals surface area contributed by atoms with Gasteiger partial charge in [0.2, 0.25) is 0 Å². The molecule has 0 heterocycles. The lowest BCUT2D eigenvalue weighted by Crippen LogP contribution is -2.14. The molecule has 1 N–H and O–H groups in total. The minimum absolute atomic E-state index is 0.0139. The topological polar surface area (TPSA) is 38.3 Å². The van der Waals surface area contributed by atoms with Crippen molar-refractivity contribution >= 4 is 27.5 Å². The molecule has 110 valence electrons. The Hall–Kier alpha value is -1.88. The Kier molecular flexibility index (Phi) is 4.96. The lowest BCUT2D eigenvalue weighted by molar-refractivity contribution is 0.102. The highest BCUT2D eigenvalue weighted by Crippen LogP contribution is 2.22. The van der Waals surface area contributed by atoms with Crippen molar-refractivity contribution < 1.29 is 13.9 Å². The van der Waals surface area contributed by atoms with Gasteiger partial charge in [-0.25, -0.2) is 4.39 Å². The molecule has 2 aromatic rings. The predicted molar refractivity (Wildman–Crippen MR) is 84.3 cm³/mol. The average molecular weight is 352 g/mol. The molecule has 0 aliphatic rings. The zero-order valence-corrected chi connectivity index (χ0v) is 13.3. The van der Waals surface area contributed by atoms with Gasteiger partial charge in [-0.15, -0.1) is 0 Å². The van der Waals surface area contributed by atoms with E-state index in [0.717, 1.165) is 5.75 Å². The molecule has 0 atom stereocenters. The maximum absolute atomic E-state index is 13.7. The van der Waals surface area contributed by atoms with Crippen LogP contribution in [0.5, 0.6) is 5.75 Å². The van der Waals surface area contributed by atoms with Crippen LogP contribution in [0.1, 0.15) is 24.2 Å². The first-order valence-corrected chi connectivity index (χ1v) is 7.28. The fourth-order valence-electron chi connectivity index (χ4n) is 1.80. The molecule has 0 aliphatic heterocycles. The van der Waals surface area contributed by atoms with Gasteiger partial charge in [-0.05, 0) is 66.2 Å². The monoisotopic (exact) mass is 351 g/mol. The summed E-state index contributed by atoms with van der Waals surface area (Å²) < 4.78 is 19.6. The lowest BCUT2D eigenvalue weighted by atomic mass is 10.2. The summed E-state index contributed by atoms with van der Waals surface area (Å²) in [6, 6.07) is 11.3. The van der Waals surface area contributed by atoms with Crippen LogP contribution < -0.4 is 10.1 Å². The van der Waals surface area contributed by atoms with E-state index in [9.17, 15) is 9.18 Å². The van der Waals surface area contributed by atoms with Gasteiger partial charge in [-0.3, -0.25) is 4.79 Å². The van der Waals surface area contributed by atoms with Crippen molar-refractivity contribution in [3.8, 4) is 5.75 Å². The number of carbonyl (C=O) groups excluding carboxylic acids is 1. The number of hydrogen-bond donors (Lipinski definition) is 1. The van der Waals surface area contributed by atoms with Crippen molar-refractivity contribution in [2.24, 2.45) is 0 Å². The number of halogens is 2. The van der Waals surface area contributed by atoms with Crippen molar-refractivity contribution in [3.05, 3.63) is 58.3 Å². The molecule has 5 heteroatoms. The molecule has 0 unspecified atom stereocenters. The summed E-state index contributed by atoms with van der Waals surface area (Å²) in [7, 11) is 0. The van der Waals surface area contributed by atoms with Crippen LogP contribution in [-0.4, -0.2) is 12.0 Å². The molecule has 2 rings (SSSR count). The number of hydrogen-bond acceptors (Lipinski definition) is 2. The summed E-state index contributed by atoms with van der Waals surface area (Å²) in [6.45, 7) is 3.87. The normalized spacial score (nSPS) is 10.5. The second-order valence-corrected chi connectivity index (χ2v) is 5.60. The van der Waals surface area contributed by atoms with Crippen molar-refractivity contribution in [3.63, 3.8) is 0 Å². The third-order valence-electron chi connectivity index (χ3n) is 2.67. The Morgan fingerprint density at radius 3 is 2.43 bits per heavy atom. The Labute approximate surface area is 131 Å². The molecule has 0 saturated heterocycles. The maximum atomic E-state index is 13.7. The molecule has 0 radical (unpaired) electrons. The third kappa shape index (κ3) is 4.04. The second kappa shape index (κ2) is 6.72. The predicted octanol–water partition coefficient (Wildman–Crippen LogP) is 4.63. The van der Waals surface area contributed by atoms with Gasteiger partial charge in [0.05, 0.1) is 11.7 Å². The first-order valence-electron chi connectivity index (χ1n) is 6.49. The Morgan fingerprint density at radius 1 is 1.19 bits per heavy atom. The summed E-state index contributed by atoms with van der Waals surface area (Å²) in [5, 5.41) is 2.66. The number of ether oxygens (including phenoxy) is 1. The first-order chi connectivity index (χ1) is 9.97. The van der Waals surface area contributed by atoms with Crippen LogP contribution >= 0.6 is 15.9 Å². The third-order valence-corrected chi connectivity index (χ3v) is 3.33. The summed E-state index contributed by atoms with van der Waals surface area (Å²) in [5.41, 5.74) is 0.561. The molecular weight excluding hydrogens is 337 g/mol. The minimum Gasteiger partial charge on any atom is -0.491 e. The van der Waals surface area contributed by atoms with E-state index in [4.69, 9.17) is 4.74 Å². The van der Waals surface area contributed by atoms with Crippen LogP contribution in [-0.2, 0) is 0 Å². The van der Waals surface area contributed by atoms with Crippen LogP contribution in [0.3, 0.4) is 0 Å². The van der Waals surface area contributed by atoms with Gasteiger partial charge in [0, 0.05) is 10.2 Å². The van der Waals surface area contributed by atoms with Gasteiger partial charge in [0.25, 0.3) is 5.91 Å². The van der Waals surface area contributed by atoms with E-state index in [1.54, 1.807) is 30.3 Å². The Morgan fingerprint density at radius 2 is 1.86 bits per heavy atom. The highest BCUT2D eigenvalue weighted by atomic mass is 79.9. The fourth-order valence-corrected chi connectivity index (χ4v) is 2.32. The maximum Gasteiger partial charge on any atom is 0.259 e. The van der Waals surface area contributed by atoms with Crippen molar-refractivity contribution in [1.82, 2.24) is 0 Å². The summed E-state index contributed by atoms with van der Waals surface area (Å²) >= 11 is 3.18. The van der Waals surface area contributed by atoms with Crippen LogP contribution in [0.25, 0.3) is 0 Å². The number of rotatable bonds is 4. The van der Waals surface area contributed by atoms with E-state index >= 15 is 0 Å². The van der Waals surface area contributed by atoms with Crippen LogP contribution in [0.2, 0.25) is 0 Å². The molecule has 0 saturated carbocycles. The van der Waals surface area contributed by atoms with Gasteiger partial charge in [-0.2, -0.15) is 0 Å². The molecule has 2 aromatic carbocycles. The van der Waals surface area contributed by atoms with Gasteiger partial charge in [-0.1, -0.05) is 6.07 Å². The van der Waals surface area contributed by atoms with Crippen LogP contribution in [0.4, 0.5) is 10.1 Å². The quantitative estimate of drug-likeness (QED) is 0.872. The largest absolute Gasteiger partial charge is 0.491 e. The van der Waals surface area contributed by atoms with Crippen LogP contribution in [0, 0.1) is 5.82 Å². The van der Waals surface area contributed by atoms with E-state index in [1.807, 2.05) is 13.8 Å². The Balaban J connectivity index is 2.13. The van der Waals surface area contributed by atoms with Gasteiger partial charge >= 0.3 is 0 Å². The van der Waals surface area contributed by atoms with Gasteiger partial charge in [0.1, 0.15) is 11.6 Å². The molecule has 1 amide bonds. The molecule has 21 heavy (non-hydrogen) atoms. The number of nitrogens with one attached hydrogen (secondary N) is 1. The smallest absolute Gasteiger partial charge is 0.259 e. The SMILES string of the molecule is CC(C)Oc1ccc(NC(=O)c2c(F)cccc2Br)cc1. The summed E-state index contributed by atoms with van der Waals surface area (Å²) in [5.74, 6) is -0.353. The van der Waals surface area contributed by atoms with Crippen LogP contribution in [0.15, 0.2) is 46.9 Å². The van der Waals surface area contributed by atoms with E-state index in [-0.39, 0.29) is 11.7 Å². The summed E-state index contributed by atoms with van der Waals surface area (Å²) in [4.78, 5) is 12.1. The first kappa shape index (κ1) is 15.5. The van der Waals surface area contributed by atoms with Crippen molar-refractivity contribution in [1.29, 1.82) is 0 Å². The highest BCUT2D eigenvalue weighted by Gasteiger charge is 2.15. The molecule has 0 aromatic heterocycles. The zero-order valence-electron chi connectivity index (χ0n) is 11.7. The fraction of sp³-hybridized carbons (Fsp3) is 0.188. The molecule has 0 bridgehead atoms. The van der Waals surface area contributed by atoms with Gasteiger partial charge in [0.15, 0.2) is 0 Å². The minimum atomic E-state index is -0.568. The molecular formula is C16H15BrFNO2. The van der Waals surface area contributed by atoms with E-state index in [2.05, 4.69) is 21.2 Å².